The van der Waals surface area contributed by atoms with Gasteiger partial charge in [-0.2, -0.15) is 0 Å². The number of pyridine rings is 1. The second-order valence-electron chi connectivity index (χ2n) is 4.22. The molecule has 0 radical (unpaired) electrons. The molecule has 2 heterocycles. The van der Waals surface area contributed by atoms with E-state index in [1.54, 1.807) is 17.5 Å². The lowest BCUT2D eigenvalue weighted by Gasteiger charge is -2.16. The summed E-state index contributed by atoms with van der Waals surface area (Å²) in [6.07, 6.45) is 1.69. The van der Waals surface area contributed by atoms with E-state index in [1.165, 1.54) is 0 Å². The summed E-state index contributed by atoms with van der Waals surface area (Å²) in [4.78, 5) is 5.47. The van der Waals surface area contributed by atoms with Gasteiger partial charge in [-0.25, -0.2) is 0 Å². The second kappa shape index (κ2) is 5.38. The van der Waals surface area contributed by atoms with Crippen molar-refractivity contribution < 1.29 is 4.74 Å². The molecule has 3 aromatic rings. The number of fused-ring (bicyclic) bond motifs is 1. The smallest absolute Gasteiger partial charge is 0.145 e. The molecule has 1 aromatic carbocycles. The van der Waals surface area contributed by atoms with Crippen LogP contribution in [0, 0.1) is 0 Å². The van der Waals surface area contributed by atoms with Crippen LogP contribution in [0.5, 0.6) is 5.75 Å². The van der Waals surface area contributed by atoms with Crippen molar-refractivity contribution in [2.45, 2.75) is 6.10 Å². The van der Waals surface area contributed by atoms with Gasteiger partial charge in [0, 0.05) is 29.1 Å². The highest BCUT2D eigenvalue weighted by atomic mass is 32.1. The van der Waals surface area contributed by atoms with Gasteiger partial charge in [0.25, 0.3) is 0 Å². The van der Waals surface area contributed by atoms with Crippen LogP contribution < -0.4 is 10.5 Å². The third-order valence-electron chi connectivity index (χ3n) is 2.93. The Morgan fingerprint density at radius 1 is 1.21 bits per heavy atom. The Balaban J connectivity index is 1.88. The Hall–Kier alpha value is -1.91. The predicted octanol–water partition coefficient (Wildman–Crippen LogP) is 3.38. The molecule has 96 valence electrons. The molecule has 2 aromatic heterocycles. The minimum Gasteiger partial charge on any atom is -0.483 e. The zero-order valence-electron chi connectivity index (χ0n) is 10.3. The summed E-state index contributed by atoms with van der Waals surface area (Å²) in [7, 11) is 0. The number of nitrogens with zero attached hydrogens (tertiary/aromatic N) is 1. The van der Waals surface area contributed by atoms with E-state index in [0.29, 0.717) is 6.54 Å². The lowest BCUT2D eigenvalue weighted by atomic mass is 10.2. The third kappa shape index (κ3) is 2.59. The van der Waals surface area contributed by atoms with Crippen molar-refractivity contribution in [1.82, 2.24) is 4.98 Å². The average molecular weight is 270 g/mol. The molecule has 0 saturated heterocycles. The van der Waals surface area contributed by atoms with Gasteiger partial charge in [0.1, 0.15) is 11.9 Å². The van der Waals surface area contributed by atoms with E-state index < -0.39 is 0 Å². The minimum absolute atomic E-state index is 0.0961. The molecule has 0 aliphatic rings. The maximum Gasteiger partial charge on any atom is 0.145 e. The number of rotatable bonds is 4. The molecule has 2 N–H and O–H groups in total. The van der Waals surface area contributed by atoms with Gasteiger partial charge in [-0.1, -0.05) is 12.1 Å². The number of thiophene rings is 1. The number of benzene rings is 1. The van der Waals surface area contributed by atoms with Crippen molar-refractivity contribution in [1.29, 1.82) is 0 Å². The third-order valence-corrected chi connectivity index (χ3v) is 3.89. The van der Waals surface area contributed by atoms with Gasteiger partial charge < -0.3 is 10.5 Å². The molecule has 0 spiro atoms. The van der Waals surface area contributed by atoms with Crippen LogP contribution in [0.3, 0.4) is 0 Å². The summed E-state index contributed by atoms with van der Waals surface area (Å²) in [5, 5.41) is 3.14. The van der Waals surface area contributed by atoms with Crippen LogP contribution in [-0.2, 0) is 0 Å². The Morgan fingerprint density at radius 2 is 2.16 bits per heavy atom. The van der Waals surface area contributed by atoms with E-state index >= 15 is 0 Å². The van der Waals surface area contributed by atoms with Gasteiger partial charge in [0.05, 0.1) is 5.52 Å². The number of hydrogen-bond acceptors (Lipinski definition) is 4. The highest BCUT2D eigenvalue weighted by Crippen LogP contribution is 2.26. The van der Waals surface area contributed by atoms with Crippen molar-refractivity contribution >= 4 is 22.2 Å². The molecule has 1 atom stereocenters. The Kier molecular flexibility index (Phi) is 3.44. The van der Waals surface area contributed by atoms with Crippen LogP contribution in [-0.4, -0.2) is 11.5 Å². The zero-order valence-corrected chi connectivity index (χ0v) is 11.1. The van der Waals surface area contributed by atoms with Crippen LogP contribution >= 0.6 is 11.3 Å². The zero-order chi connectivity index (χ0) is 13.1. The fourth-order valence-corrected chi connectivity index (χ4v) is 2.75. The highest BCUT2D eigenvalue weighted by Gasteiger charge is 2.12. The van der Waals surface area contributed by atoms with Crippen molar-refractivity contribution in [3.63, 3.8) is 0 Å². The van der Waals surface area contributed by atoms with Crippen LogP contribution in [0.4, 0.5) is 0 Å². The predicted molar refractivity (Wildman–Crippen MR) is 78.5 cm³/mol. The first kappa shape index (κ1) is 12.1. The summed E-state index contributed by atoms with van der Waals surface area (Å²) in [6.45, 7) is 0.459. The fraction of sp³-hybridized carbons (Fsp3) is 0.133. The molecule has 3 rings (SSSR count). The standard InChI is InChI=1S/C15H14N2OS/c16-10-14(15-4-2-8-19-15)18-12-6-5-11-3-1-7-17-13(11)9-12/h1-9,14H,10,16H2. The highest BCUT2D eigenvalue weighted by molar-refractivity contribution is 7.10. The van der Waals surface area contributed by atoms with E-state index in [0.717, 1.165) is 21.5 Å². The first-order chi connectivity index (χ1) is 9.36. The maximum atomic E-state index is 5.96. The molecule has 3 nitrogen and oxygen atoms in total. The Labute approximate surface area is 115 Å². The van der Waals surface area contributed by atoms with E-state index in [9.17, 15) is 0 Å². The first-order valence-electron chi connectivity index (χ1n) is 6.12. The van der Waals surface area contributed by atoms with Gasteiger partial charge >= 0.3 is 0 Å². The topological polar surface area (TPSA) is 48.1 Å². The van der Waals surface area contributed by atoms with E-state index in [-0.39, 0.29) is 6.10 Å². The quantitative estimate of drug-likeness (QED) is 0.790. The second-order valence-corrected chi connectivity index (χ2v) is 5.19. The largest absolute Gasteiger partial charge is 0.483 e. The van der Waals surface area contributed by atoms with E-state index in [1.807, 2.05) is 47.8 Å². The van der Waals surface area contributed by atoms with Crippen molar-refractivity contribution in [3.8, 4) is 5.75 Å². The first-order valence-corrected chi connectivity index (χ1v) is 7.00. The van der Waals surface area contributed by atoms with E-state index in [4.69, 9.17) is 10.5 Å². The number of ether oxygens (including phenoxy) is 1. The molecule has 0 aliphatic carbocycles. The van der Waals surface area contributed by atoms with E-state index in [2.05, 4.69) is 4.98 Å². The van der Waals surface area contributed by atoms with Gasteiger partial charge in [-0.05, 0) is 29.6 Å². The maximum absolute atomic E-state index is 5.96. The molecule has 0 bridgehead atoms. The minimum atomic E-state index is -0.0961. The average Bonchev–Trinajstić information content (AvgIpc) is 2.98. The van der Waals surface area contributed by atoms with Gasteiger partial charge in [-0.15, -0.1) is 11.3 Å². The normalized spacial score (nSPS) is 12.5. The van der Waals surface area contributed by atoms with Crippen LogP contribution in [0.1, 0.15) is 11.0 Å². The molecule has 4 heteroatoms. The van der Waals surface area contributed by atoms with Gasteiger partial charge in [0.15, 0.2) is 0 Å². The molecular weight excluding hydrogens is 256 g/mol. The van der Waals surface area contributed by atoms with Crippen LogP contribution in [0.25, 0.3) is 10.9 Å². The summed E-state index contributed by atoms with van der Waals surface area (Å²) in [5.74, 6) is 0.801. The van der Waals surface area contributed by atoms with Gasteiger partial charge in [-0.3, -0.25) is 4.98 Å². The summed E-state index contributed by atoms with van der Waals surface area (Å²) in [6, 6.07) is 13.9. The molecule has 0 aliphatic heterocycles. The monoisotopic (exact) mass is 270 g/mol. The van der Waals surface area contributed by atoms with Crippen molar-refractivity contribution in [3.05, 3.63) is 58.9 Å². The Morgan fingerprint density at radius 3 is 2.95 bits per heavy atom. The number of nitrogens with two attached hydrogens (primary N) is 1. The lowest BCUT2D eigenvalue weighted by molar-refractivity contribution is 0.218. The molecular formula is C15H14N2OS. The van der Waals surface area contributed by atoms with Crippen LogP contribution in [0.2, 0.25) is 0 Å². The fourth-order valence-electron chi connectivity index (χ4n) is 1.98. The number of hydrogen-bond donors (Lipinski definition) is 1. The van der Waals surface area contributed by atoms with Gasteiger partial charge in [0.2, 0.25) is 0 Å². The van der Waals surface area contributed by atoms with Crippen molar-refractivity contribution in [2.24, 2.45) is 5.73 Å². The summed E-state index contributed by atoms with van der Waals surface area (Å²) >= 11 is 1.66. The molecule has 0 saturated carbocycles. The Bertz CT molecular complexity index is 667. The summed E-state index contributed by atoms with van der Waals surface area (Å²) in [5.41, 5.74) is 6.72. The van der Waals surface area contributed by atoms with Crippen molar-refractivity contribution in [2.75, 3.05) is 6.54 Å². The molecule has 0 amide bonds. The lowest BCUT2D eigenvalue weighted by Crippen LogP contribution is -2.17. The number of aromatic nitrogens is 1. The molecule has 0 fully saturated rings. The van der Waals surface area contributed by atoms with Crippen LogP contribution in [0.15, 0.2) is 54.0 Å². The SMILES string of the molecule is NCC(Oc1ccc2cccnc2c1)c1cccs1. The summed E-state index contributed by atoms with van der Waals surface area (Å²) < 4.78 is 5.96. The molecule has 1 unspecified atom stereocenters. The molecule has 19 heavy (non-hydrogen) atoms.